The van der Waals surface area contributed by atoms with Crippen molar-refractivity contribution in [3.05, 3.63) is 413 Å². The molecule has 544 valence electrons. The molecule has 0 saturated heterocycles. The van der Waals surface area contributed by atoms with E-state index in [1.54, 1.807) is 0 Å². The highest BCUT2D eigenvalue weighted by molar-refractivity contribution is 7.27. The predicted octanol–water partition coefficient (Wildman–Crippen LogP) is 33.2. The van der Waals surface area contributed by atoms with Gasteiger partial charge in [0.1, 0.15) is 0 Å². The first-order valence-corrected chi connectivity index (χ1v) is 41.9. The average Bonchev–Trinajstić information content (AvgIpc) is 1.01. The summed E-state index contributed by atoms with van der Waals surface area (Å²) in [6.45, 7) is 0. The van der Waals surface area contributed by atoms with Crippen molar-refractivity contribution in [2.24, 2.45) is 0 Å². The Bertz CT molecular complexity index is 7850. The molecule has 0 radical (unpaired) electrons. The van der Waals surface area contributed by atoms with Gasteiger partial charge in [0.2, 0.25) is 0 Å². The van der Waals surface area contributed by atoms with Gasteiger partial charge in [-0.05, 0) is 223 Å². The van der Waals surface area contributed by atoms with Gasteiger partial charge in [-0.1, -0.05) is 309 Å². The molecule has 0 fully saturated rings. The van der Waals surface area contributed by atoms with E-state index in [-0.39, 0.29) is 0 Å². The van der Waals surface area contributed by atoms with Crippen LogP contribution in [0.1, 0.15) is 0 Å². The van der Waals surface area contributed by atoms with Crippen molar-refractivity contribution in [3.8, 4) is 55.6 Å². The minimum Gasteiger partial charge on any atom is -0.355 e. The molecule has 0 aliphatic carbocycles. The van der Waals surface area contributed by atoms with Gasteiger partial charge in [0.15, 0.2) is 0 Å². The number of anilines is 6. The molecule has 3 nitrogen and oxygen atoms in total. The molecule has 3 N–H and O–H groups in total. The monoisotopic (exact) mass is 1530 g/mol. The van der Waals surface area contributed by atoms with Gasteiger partial charge in [-0.2, -0.15) is 0 Å². The zero-order valence-corrected chi connectivity index (χ0v) is 65.4. The molecule has 0 unspecified atom stereocenters. The standard InChI is InChI=1S/C42H27NS.C34H21NS.C34H23NS/c1-3-11-34-28(8-1)10-7-14-36(34)39-25-33(26-40-37-13-5-6-15-41(37)44-42(39)40)43-32-22-20-27(21-23-32)31-19-18-30-17-16-29-9-2-4-12-35(29)38(30)24-31;1-2-9-26(10-3-1)35-29-18-17-27(34-33(29)28-11-4-5-12-30(28)36-34)25-19-23-15-13-21-7-6-8-22-14-16-24(20-25)32(23)31(21)22;1-2-8-23(9-3-1)25-14-16-26(17-15-25)31-21-29(22-32-30-12-6-7-13-33(30)36-34(31)32)35-28-19-18-24-10-4-5-11-27(24)20-28/h1-26,43H;1-20,35H;1-22,35H. The van der Waals surface area contributed by atoms with E-state index in [9.17, 15) is 0 Å². The molecule has 0 atom stereocenters. The smallest absolute Gasteiger partial charge is 0.0479 e. The second kappa shape index (κ2) is 29.1. The van der Waals surface area contributed by atoms with E-state index in [2.05, 4.69) is 428 Å². The third-order valence-corrected chi connectivity index (χ3v) is 26.6. The van der Waals surface area contributed by atoms with Gasteiger partial charge in [0.05, 0.1) is 0 Å². The maximum absolute atomic E-state index is 3.75. The summed E-state index contributed by atoms with van der Waals surface area (Å²) in [4.78, 5) is 0. The first-order chi connectivity index (χ1) is 57.4. The van der Waals surface area contributed by atoms with Crippen molar-refractivity contribution in [1.82, 2.24) is 0 Å². The van der Waals surface area contributed by atoms with Crippen LogP contribution in [-0.2, 0) is 0 Å². The Hall–Kier alpha value is -14.2. The van der Waals surface area contributed by atoms with Crippen molar-refractivity contribution in [2.75, 3.05) is 16.0 Å². The molecule has 0 aliphatic rings. The number of benzene rings is 21. The highest BCUT2D eigenvalue weighted by Crippen LogP contribution is 2.49. The number of rotatable bonds is 11. The molecular formula is C110H71N3S3. The third kappa shape index (κ3) is 12.6. The number of thiophene rings is 3. The maximum Gasteiger partial charge on any atom is 0.0479 e. The predicted molar refractivity (Wildman–Crippen MR) is 508 cm³/mol. The molecule has 3 heterocycles. The maximum atomic E-state index is 3.75. The molecule has 0 aliphatic heterocycles. The zero-order valence-electron chi connectivity index (χ0n) is 63.0. The van der Waals surface area contributed by atoms with Crippen molar-refractivity contribution in [1.29, 1.82) is 0 Å². The number of para-hydroxylation sites is 1. The normalized spacial score (nSPS) is 11.6. The number of hydrogen-bond donors (Lipinski definition) is 3. The third-order valence-electron chi connectivity index (χ3n) is 23.0. The summed E-state index contributed by atoms with van der Waals surface area (Å²) < 4.78 is 7.92. The highest BCUT2D eigenvalue weighted by atomic mass is 32.1. The SMILES string of the molecule is c1ccc(-c2ccc(-c3cc(Nc4ccc5ccccc5c4)cc4c3sc3ccccc34)cc2)cc1.c1ccc(Nc2ccc(-c3cc4ccc5cccc6ccc(c3)c4c56)c3sc4ccccc4c23)cc1.c1ccc2c(-c3cc(Nc4ccc(-c5ccc6ccc7ccccc7c6c5)cc4)cc4c3sc3ccccc34)cccc2c1. The second-order valence-electron chi connectivity index (χ2n) is 30.0. The van der Waals surface area contributed by atoms with Gasteiger partial charge in [0.25, 0.3) is 0 Å². The Balaban J connectivity index is 0.000000106. The molecule has 3 aromatic heterocycles. The van der Waals surface area contributed by atoms with Crippen LogP contribution in [0.4, 0.5) is 34.1 Å². The minimum atomic E-state index is 1.07. The Morgan fingerprint density at radius 1 is 0.155 bits per heavy atom. The summed E-state index contributed by atoms with van der Waals surface area (Å²) in [7, 11) is 0. The van der Waals surface area contributed by atoms with Crippen LogP contribution in [0.3, 0.4) is 0 Å². The second-order valence-corrected chi connectivity index (χ2v) is 33.2. The van der Waals surface area contributed by atoms with Crippen LogP contribution in [0.25, 0.3) is 192 Å². The lowest BCUT2D eigenvalue weighted by atomic mass is 9.91. The van der Waals surface area contributed by atoms with Gasteiger partial charge in [-0.25, -0.2) is 0 Å². The molecular weight excluding hydrogens is 1460 g/mol. The highest BCUT2D eigenvalue weighted by Gasteiger charge is 2.21. The van der Waals surface area contributed by atoms with Gasteiger partial charge < -0.3 is 16.0 Å². The average molecular weight is 1530 g/mol. The molecule has 0 amide bonds. The lowest BCUT2D eigenvalue weighted by Gasteiger charge is -2.14. The summed E-state index contributed by atoms with van der Waals surface area (Å²) in [6.07, 6.45) is 0. The fourth-order valence-electron chi connectivity index (χ4n) is 17.4. The number of nitrogens with one attached hydrogen (secondary N) is 3. The lowest BCUT2D eigenvalue weighted by molar-refractivity contribution is 1.56. The minimum absolute atomic E-state index is 1.07. The van der Waals surface area contributed by atoms with Crippen molar-refractivity contribution in [3.63, 3.8) is 0 Å². The molecule has 0 spiro atoms. The van der Waals surface area contributed by atoms with E-state index < -0.39 is 0 Å². The van der Waals surface area contributed by atoms with Gasteiger partial charge in [-0.3, -0.25) is 0 Å². The Labute approximate surface area is 682 Å². The van der Waals surface area contributed by atoms with E-state index >= 15 is 0 Å². The lowest BCUT2D eigenvalue weighted by Crippen LogP contribution is -1.92. The first-order valence-electron chi connectivity index (χ1n) is 39.5. The fourth-order valence-corrected chi connectivity index (χ4v) is 21.1. The molecule has 21 aromatic carbocycles. The Kier molecular flexibility index (Phi) is 17.2. The number of hydrogen-bond acceptors (Lipinski definition) is 6. The fraction of sp³-hybridized carbons (Fsp3) is 0. The molecule has 6 heteroatoms. The van der Waals surface area contributed by atoms with Gasteiger partial charge >= 0.3 is 0 Å². The zero-order chi connectivity index (χ0) is 76.6. The van der Waals surface area contributed by atoms with Crippen LogP contribution >= 0.6 is 34.0 Å². The van der Waals surface area contributed by atoms with E-state index in [1.807, 2.05) is 34.0 Å². The first kappa shape index (κ1) is 68.6. The molecule has 0 bridgehead atoms. The summed E-state index contributed by atoms with van der Waals surface area (Å²) in [5.41, 5.74) is 19.1. The van der Waals surface area contributed by atoms with Gasteiger partial charge in [-0.15, -0.1) is 34.0 Å². The molecule has 24 aromatic rings. The number of fused-ring (bicyclic) bond motifs is 14. The van der Waals surface area contributed by atoms with Crippen molar-refractivity contribution in [2.45, 2.75) is 0 Å². The van der Waals surface area contributed by atoms with Crippen LogP contribution in [0.15, 0.2) is 413 Å². The van der Waals surface area contributed by atoms with Crippen LogP contribution < -0.4 is 16.0 Å². The molecule has 116 heavy (non-hydrogen) atoms. The van der Waals surface area contributed by atoms with Crippen LogP contribution in [0, 0.1) is 0 Å². The summed E-state index contributed by atoms with van der Waals surface area (Å²) in [6, 6.07) is 149. The Morgan fingerprint density at radius 3 is 1.28 bits per heavy atom. The van der Waals surface area contributed by atoms with Crippen molar-refractivity contribution < 1.29 is 0 Å². The van der Waals surface area contributed by atoms with E-state index in [1.165, 1.54) is 192 Å². The Morgan fingerprint density at radius 2 is 0.586 bits per heavy atom. The summed E-state index contributed by atoms with van der Waals surface area (Å²) >= 11 is 5.64. The van der Waals surface area contributed by atoms with Crippen molar-refractivity contribution >= 4 is 204 Å². The quantitative estimate of drug-likeness (QED) is 0.113. The van der Waals surface area contributed by atoms with Crippen LogP contribution in [-0.4, -0.2) is 0 Å². The van der Waals surface area contributed by atoms with Crippen LogP contribution in [0.2, 0.25) is 0 Å². The van der Waals surface area contributed by atoms with E-state index in [0.29, 0.717) is 0 Å². The van der Waals surface area contributed by atoms with Crippen LogP contribution in [0.5, 0.6) is 0 Å². The molecule has 0 saturated carbocycles. The summed E-state index contributed by atoms with van der Waals surface area (Å²) in [5, 5.41) is 37.0. The largest absolute Gasteiger partial charge is 0.355 e. The van der Waals surface area contributed by atoms with Gasteiger partial charge in [0, 0.05) is 106 Å². The summed E-state index contributed by atoms with van der Waals surface area (Å²) in [5.74, 6) is 0. The topological polar surface area (TPSA) is 36.1 Å². The molecule has 24 rings (SSSR count). The van der Waals surface area contributed by atoms with E-state index in [0.717, 1.165) is 34.1 Å². The van der Waals surface area contributed by atoms with E-state index in [4.69, 9.17) is 0 Å².